The molecule has 0 heterocycles. The summed E-state index contributed by atoms with van der Waals surface area (Å²) < 4.78 is 0. The second-order valence-corrected chi connectivity index (χ2v) is 5.46. The van der Waals surface area contributed by atoms with E-state index in [-0.39, 0.29) is 0 Å². The van der Waals surface area contributed by atoms with Crippen molar-refractivity contribution in [1.82, 2.24) is 5.43 Å². The van der Waals surface area contributed by atoms with Crippen LogP contribution in [-0.4, -0.2) is 17.5 Å². The smallest absolute Gasteiger partial charge is 0.329 e. The van der Waals surface area contributed by atoms with E-state index in [0.717, 1.165) is 5.56 Å². The SMILES string of the molecule is C/C(=N/NC(=O)C(N)=O)c1ccc(C2CCCCC2)cc1. The molecular formula is C16H21N3O2. The lowest BCUT2D eigenvalue weighted by Gasteiger charge is -2.22. The Bertz CT molecular complexity index is 543. The molecule has 2 rings (SSSR count). The van der Waals surface area contributed by atoms with E-state index in [1.54, 1.807) is 6.92 Å². The molecule has 3 N–H and O–H groups in total. The monoisotopic (exact) mass is 287 g/mol. The summed E-state index contributed by atoms with van der Waals surface area (Å²) in [4.78, 5) is 21.7. The maximum atomic E-state index is 11.0. The van der Waals surface area contributed by atoms with Gasteiger partial charge in [0.2, 0.25) is 0 Å². The van der Waals surface area contributed by atoms with Crippen LogP contribution in [0.1, 0.15) is 56.1 Å². The fraction of sp³-hybridized carbons (Fsp3) is 0.438. The molecule has 0 spiro atoms. The van der Waals surface area contributed by atoms with Crippen molar-refractivity contribution in [1.29, 1.82) is 0 Å². The third-order valence-corrected chi connectivity index (χ3v) is 3.95. The summed E-state index contributed by atoms with van der Waals surface area (Å²) in [6.07, 6.45) is 6.50. The fourth-order valence-electron chi connectivity index (χ4n) is 2.69. The van der Waals surface area contributed by atoms with Crippen molar-refractivity contribution in [3.8, 4) is 0 Å². The molecule has 5 heteroatoms. The van der Waals surface area contributed by atoms with Crippen LogP contribution < -0.4 is 11.2 Å². The van der Waals surface area contributed by atoms with Gasteiger partial charge in [-0.15, -0.1) is 0 Å². The third kappa shape index (κ3) is 4.15. The number of benzene rings is 1. The summed E-state index contributed by atoms with van der Waals surface area (Å²) in [6.45, 7) is 1.77. The van der Waals surface area contributed by atoms with Gasteiger partial charge >= 0.3 is 11.8 Å². The zero-order chi connectivity index (χ0) is 15.2. The van der Waals surface area contributed by atoms with Crippen molar-refractivity contribution in [2.24, 2.45) is 10.8 Å². The highest BCUT2D eigenvalue weighted by Gasteiger charge is 2.15. The summed E-state index contributed by atoms with van der Waals surface area (Å²) in [5, 5.41) is 3.87. The Balaban J connectivity index is 2.02. The quantitative estimate of drug-likeness (QED) is 0.506. The van der Waals surface area contributed by atoms with Crippen LogP contribution in [-0.2, 0) is 9.59 Å². The Labute approximate surface area is 124 Å². The minimum absolute atomic E-state index is 0.639. The number of carbonyl (C=O) groups is 2. The van der Waals surface area contributed by atoms with Gasteiger partial charge in [-0.05, 0) is 36.8 Å². The number of carbonyl (C=O) groups excluding carboxylic acids is 2. The molecule has 1 aliphatic carbocycles. The summed E-state index contributed by atoms with van der Waals surface area (Å²) in [6, 6.07) is 8.25. The van der Waals surface area contributed by atoms with E-state index in [0.29, 0.717) is 11.6 Å². The van der Waals surface area contributed by atoms with Crippen LogP contribution in [0.3, 0.4) is 0 Å². The first-order valence-electron chi connectivity index (χ1n) is 7.32. The average Bonchev–Trinajstić information content (AvgIpc) is 2.53. The summed E-state index contributed by atoms with van der Waals surface area (Å²) in [5.41, 5.74) is 9.90. The number of hydrogen-bond acceptors (Lipinski definition) is 3. The molecule has 21 heavy (non-hydrogen) atoms. The number of nitrogens with one attached hydrogen (secondary N) is 1. The molecule has 0 aromatic heterocycles. The van der Waals surface area contributed by atoms with Gasteiger partial charge < -0.3 is 5.73 Å². The van der Waals surface area contributed by atoms with E-state index in [2.05, 4.69) is 22.7 Å². The summed E-state index contributed by atoms with van der Waals surface area (Å²) in [5.74, 6) is -1.29. The average molecular weight is 287 g/mol. The van der Waals surface area contributed by atoms with Crippen molar-refractivity contribution < 1.29 is 9.59 Å². The molecule has 1 aromatic carbocycles. The summed E-state index contributed by atoms with van der Waals surface area (Å²) in [7, 11) is 0. The number of rotatable bonds is 3. The molecule has 112 valence electrons. The lowest BCUT2D eigenvalue weighted by Crippen LogP contribution is -2.33. The number of nitrogens with two attached hydrogens (primary N) is 1. The van der Waals surface area contributed by atoms with Gasteiger partial charge in [0.1, 0.15) is 0 Å². The Hall–Kier alpha value is -2.17. The molecule has 1 fully saturated rings. The van der Waals surface area contributed by atoms with Crippen LogP contribution in [0, 0.1) is 0 Å². The number of nitrogens with zero attached hydrogens (tertiary/aromatic N) is 1. The van der Waals surface area contributed by atoms with E-state index < -0.39 is 11.8 Å². The fourth-order valence-corrected chi connectivity index (χ4v) is 2.69. The number of amides is 2. The Morgan fingerprint density at radius 1 is 1.14 bits per heavy atom. The Morgan fingerprint density at radius 2 is 1.76 bits per heavy atom. The van der Waals surface area contributed by atoms with Crippen LogP contribution in [0.4, 0.5) is 0 Å². The normalized spacial score (nSPS) is 16.5. The van der Waals surface area contributed by atoms with Gasteiger partial charge in [0.15, 0.2) is 0 Å². The van der Waals surface area contributed by atoms with Crippen molar-refractivity contribution >= 4 is 17.5 Å². The van der Waals surface area contributed by atoms with Gasteiger partial charge in [-0.1, -0.05) is 43.5 Å². The molecule has 0 bridgehead atoms. The molecule has 0 unspecified atom stereocenters. The minimum atomic E-state index is -1.04. The maximum Gasteiger partial charge on any atom is 0.329 e. The van der Waals surface area contributed by atoms with Crippen molar-refractivity contribution in [3.63, 3.8) is 0 Å². The van der Waals surface area contributed by atoms with Gasteiger partial charge in [0.05, 0.1) is 5.71 Å². The first kappa shape index (κ1) is 15.2. The standard InChI is InChI=1S/C16H21N3O2/c1-11(18-19-16(21)15(17)20)12-7-9-14(10-8-12)13-5-3-2-4-6-13/h7-10,13H,2-6H2,1H3,(H2,17,20)(H,19,21)/b18-11-. The van der Waals surface area contributed by atoms with E-state index in [1.165, 1.54) is 37.7 Å². The molecule has 2 amide bonds. The van der Waals surface area contributed by atoms with Crippen molar-refractivity contribution in [2.75, 3.05) is 0 Å². The maximum absolute atomic E-state index is 11.0. The van der Waals surface area contributed by atoms with Gasteiger partial charge in [0.25, 0.3) is 0 Å². The molecule has 1 aromatic rings. The van der Waals surface area contributed by atoms with Crippen LogP contribution in [0.5, 0.6) is 0 Å². The predicted octanol–water partition coefficient (Wildman–Crippen LogP) is 2.06. The second-order valence-electron chi connectivity index (χ2n) is 5.46. The van der Waals surface area contributed by atoms with Gasteiger partial charge in [0, 0.05) is 0 Å². The minimum Gasteiger partial charge on any atom is -0.361 e. The molecule has 1 saturated carbocycles. The van der Waals surface area contributed by atoms with Gasteiger partial charge in [-0.2, -0.15) is 5.10 Å². The first-order chi connectivity index (χ1) is 10.1. The largest absolute Gasteiger partial charge is 0.361 e. The molecule has 0 atom stereocenters. The first-order valence-corrected chi connectivity index (χ1v) is 7.32. The number of hydrazone groups is 1. The predicted molar refractivity (Wildman–Crippen MR) is 81.8 cm³/mol. The number of hydrogen-bond donors (Lipinski definition) is 2. The molecule has 0 aliphatic heterocycles. The van der Waals surface area contributed by atoms with Crippen LogP contribution in [0.2, 0.25) is 0 Å². The van der Waals surface area contributed by atoms with E-state index in [4.69, 9.17) is 5.73 Å². The highest BCUT2D eigenvalue weighted by Crippen LogP contribution is 2.32. The number of primary amides is 1. The van der Waals surface area contributed by atoms with Gasteiger partial charge in [-0.25, -0.2) is 5.43 Å². The van der Waals surface area contributed by atoms with Crippen LogP contribution >= 0.6 is 0 Å². The van der Waals surface area contributed by atoms with Gasteiger partial charge in [-0.3, -0.25) is 9.59 Å². The molecule has 0 radical (unpaired) electrons. The third-order valence-electron chi connectivity index (χ3n) is 3.95. The van der Waals surface area contributed by atoms with E-state index in [9.17, 15) is 9.59 Å². The van der Waals surface area contributed by atoms with E-state index in [1.807, 2.05) is 12.1 Å². The lowest BCUT2D eigenvalue weighted by molar-refractivity contribution is -0.137. The molecule has 0 saturated heterocycles. The molecular weight excluding hydrogens is 266 g/mol. The highest BCUT2D eigenvalue weighted by atomic mass is 16.2. The zero-order valence-electron chi connectivity index (χ0n) is 12.3. The van der Waals surface area contributed by atoms with Crippen molar-refractivity contribution in [2.45, 2.75) is 44.9 Å². The molecule has 5 nitrogen and oxygen atoms in total. The van der Waals surface area contributed by atoms with Crippen LogP contribution in [0.15, 0.2) is 29.4 Å². The zero-order valence-corrected chi connectivity index (χ0v) is 12.3. The molecule has 1 aliphatic rings. The topological polar surface area (TPSA) is 84.6 Å². The Kier molecular flexibility index (Phi) is 5.09. The summed E-state index contributed by atoms with van der Waals surface area (Å²) >= 11 is 0. The van der Waals surface area contributed by atoms with E-state index >= 15 is 0 Å². The van der Waals surface area contributed by atoms with Crippen LogP contribution in [0.25, 0.3) is 0 Å². The Morgan fingerprint density at radius 3 is 2.33 bits per heavy atom. The lowest BCUT2D eigenvalue weighted by atomic mass is 9.84. The highest BCUT2D eigenvalue weighted by molar-refractivity contribution is 6.34. The second kappa shape index (κ2) is 7.02. The van der Waals surface area contributed by atoms with Crippen molar-refractivity contribution in [3.05, 3.63) is 35.4 Å².